The molecule has 1 heterocycles. The number of hydrogen-bond donors (Lipinski definition) is 0. The highest BCUT2D eigenvalue weighted by Gasteiger charge is 2.22. The van der Waals surface area contributed by atoms with E-state index in [2.05, 4.69) is 252 Å². The Hall–Kier alpha value is -7.94. The zero-order valence-electron chi connectivity index (χ0n) is 33.0. The van der Waals surface area contributed by atoms with Crippen molar-refractivity contribution in [3.8, 4) is 50.2 Å². The van der Waals surface area contributed by atoms with E-state index in [4.69, 9.17) is 0 Å². The summed E-state index contributed by atoms with van der Waals surface area (Å²) in [7, 11) is 0. The van der Waals surface area contributed by atoms with Crippen molar-refractivity contribution in [3.63, 3.8) is 0 Å². The summed E-state index contributed by atoms with van der Waals surface area (Å²) in [5, 5.41) is 4.89. The Balaban J connectivity index is 1.19. The Labute approximate surface area is 350 Å². The minimum absolute atomic E-state index is 1.07. The number of benzene rings is 10. The second-order valence-corrected chi connectivity index (χ2v) is 15.3. The number of anilines is 3. The van der Waals surface area contributed by atoms with Gasteiger partial charge in [0.2, 0.25) is 0 Å². The van der Waals surface area contributed by atoms with Crippen molar-refractivity contribution in [2.75, 3.05) is 4.90 Å². The third kappa shape index (κ3) is 6.23. The highest BCUT2D eigenvalue weighted by Crippen LogP contribution is 2.46. The van der Waals surface area contributed by atoms with Crippen LogP contribution in [-0.2, 0) is 0 Å². The van der Waals surface area contributed by atoms with Crippen LogP contribution in [-0.4, -0.2) is 4.57 Å². The molecule has 0 aliphatic carbocycles. The number of aromatic nitrogens is 1. The van der Waals surface area contributed by atoms with Crippen molar-refractivity contribution in [2.24, 2.45) is 0 Å². The van der Waals surface area contributed by atoms with Crippen LogP contribution < -0.4 is 4.90 Å². The molecule has 60 heavy (non-hydrogen) atoms. The van der Waals surface area contributed by atoms with Crippen LogP contribution in [0.5, 0.6) is 0 Å². The van der Waals surface area contributed by atoms with Crippen LogP contribution in [0.2, 0.25) is 0 Å². The van der Waals surface area contributed by atoms with Gasteiger partial charge in [-0.2, -0.15) is 0 Å². The summed E-state index contributed by atoms with van der Waals surface area (Å²) in [6.45, 7) is 0. The van der Waals surface area contributed by atoms with E-state index >= 15 is 0 Å². The van der Waals surface area contributed by atoms with Gasteiger partial charge >= 0.3 is 0 Å². The molecule has 11 rings (SSSR count). The lowest BCUT2D eigenvalue weighted by Crippen LogP contribution is -2.12. The SMILES string of the molecule is c1ccc(-c2ccc(N(c3ccc4c5ccccc5n(-c5ccccc5-c5ccccc5)c4c3)c3ccccc3-c3ccc4ccccc4c3)cc2-c2ccccc2)cc1. The van der Waals surface area contributed by atoms with Crippen molar-refractivity contribution in [1.29, 1.82) is 0 Å². The van der Waals surface area contributed by atoms with Crippen molar-refractivity contribution in [1.82, 2.24) is 4.57 Å². The first-order chi connectivity index (χ1) is 29.8. The molecule has 0 unspecified atom stereocenters. The molecular weight excluding hydrogens is 725 g/mol. The predicted molar refractivity (Wildman–Crippen MR) is 255 cm³/mol. The van der Waals surface area contributed by atoms with E-state index in [1.165, 1.54) is 66.0 Å². The smallest absolute Gasteiger partial charge is 0.0562 e. The van der Waals surface area contributed by atoms with Gasteiger partial charge in [-0.15, -0.1) is 0 Å². The lowest BCUT2D eigenvalue weighted by atomic mass is 9.93. The van der Waals surface area contributed by atoms with Crippen LogP contribution in [0.4, 0.5) is 17.1 Å². The second-order valence-electron chi connectivity index (χ2n) is 15.3. The van der Waals surface area contributed by atoms with Crippen LogP contribution in [0.3, 0.4) is 0 Å². The molecule has 0 saturated heterocycles. The Morgan fingerprint density at radius 1 is 0.283 bits per heavy atom. The normalized spacial score (nSPS) is 11.3. The standard InChI is InChI=1S/C58H40N2/c1-4-19-42(20-5-1)49-36-34-47(39-54(49)44-23-8-3-9-24-44)59(55-29-15-13-27-51(55)46-33-32-41-18-10-11-25-45(41)38-46)48-35-37-53-52-28-14-17-31-57(52)60(58(53)40-48)56-30-16-12-26-50(56)43-21-6-2-7-22-43/h1-40H. The summed E-state index contributed by atoms with van der Waals surface area (Å²) in [5.74, 6) is 0. The predicted octanol–water partition coefficient (Wildman–Crippen LogP) is 16.1. The molecule has 0 aliphatic rings. The summed E-state index contributed by atoms with van der Waals surface area (Å²) in [6, 6.07) is 88.0. The molecule has 0 N–H and O–H groups in total. The minimum Gasteiger partial charge on any atom is -0.310 e. The number of rotatable bonds is 8. The van der Waals surface area contributed by atoms with Gasteiger partial charge in [0.15, 0.2) is 0 Å². The van der Waals surface area contributed by atoms with E-state index in [-0.39, 0.29) is 0 Å². The van der Waals surface area contributed by atoms with Gasteiger partial charge in [-0.05, 0) is 92.7 Å². The topological polar surface area (TPSA) is 8.17 Å². The highest BCUT2D eigenvalue weighted by atomic mass is 15.1. The maximum atomic E-state index is 2.46. The Morgan fingerprint density at radius 3 is 1.60 bits per heavy atom. The molecule has 2 nitrogen and oxygen atoms in total. The van der Waals surface area contributed by atoms with Crippen LogP contribution in [0.15, 0.2) is 243 Å². The number of nitrogens with zero attached hydrogens (tertiary/aromatic N) is 2. The van der Waals surface area contributed by atoms with Gasteiger partial charge in [-0.25, -0.2) is 0 Å². The molecule has 0 bridgehead atoms. The zero-order chi connectivity index (χ0) is 39.8. The van der Waals surface area contributed by atoms with E-state index in [0.717, 1.165) is 33.8 Å². The first kappa shape index (κ1) is 35.2. The molecular formula is C58H40N2. The summed E-state index contributed by atoms with van der Waals surface area (Å²) in [4.78, 5) is 2.45. The molecule has 0 radical (unpaired) electrons. The maximum absolute atomic E-state index is 2.46. The monoisotopic (exact) mass is 764 g/mol. The van der Waals surface area contributed by atoms with Gasteiger partial charge < -0.3 is 9.47 Å². The first-order valence-corrected chi connectivity index (χ1v) is 20.6. The molecule has 0 atom stereocenters. The number of fused-ring (bicyclic) bond motifs is 4. The molecule has 0 spiro atoms. The van der Waals surface area contributed by atoms with Gasteiger partial charge in [0.05, 0.1) is 22.4 Å². The molecule has 2 heteroatoms. The first-order valence-electron chi connectivity index (χ1n) is 20.6. The fraction of sp³-hybridized carbons (Fsp3) is 0. The van der Waals surface area contributed by atoms with Gasteiger partial charge in [0.25, 0.3) is 0 Å². The molecule has 0 amide bonds. The average Bonchev–Trinajstić information content (AvgIpc) is 3.66. The van der Waals surface area contributed by atoms with E-state index in [0.29, 0.717) is 0 Å². The molecule has 11 aromatic rings. The molecule has 10 aromatic carbocycles. The third-order valence-electron chi connectivity index (χ3n) is 11.8. The van der Waals surface area contributed by atoms with Crippen LogP contribution in [0.25, 0.3) is 82.8 Å². The van der Waals surface area contributed by atoms with Gasteiger partial charge in [0, 0.05) is 33.3 Å². The summed E-state index contributed by atoms with van der Waals surface area (Å²) in [5.41, 5.74) is 16.2. The van der Waals surface area contributed by atoms with Gasteiger partial charge in [0.1, 0.15) is 0 Å². The van der Waals surface area contributed by atoms with Crippen LogP contribution >= 0.6 is 0 Å². The Bertz CT molecular complexity index is 3310. The van der Waals surface area contributed by atoms with Crippen molar-refractivity contribution < 1.29 is 0 Å². The summed E-state index contributed by atoms with van der Waals surface area (Å²) < 4.78 is 2.46. The van der Waals surface area contributed by atoms with E-state index in [1.54, 1.807) is 0 Å². The minimum atomic E-state index is 1.07. The quantitative estimate of drug-likeness (QED) is 0.150. The van der Waals surface area contributed by atoms with E-state index in [1.807, 2.05) is 0 Å². The lowest BCUT2D eigenvalue weighted by Gasteiger charge is -2.29. The van der Waals surface area contributed by atoms with Crippen LogP contribution in [0, 0.1) is 0 Å². The fourth-order valence-corrected chi connectivity index (χ4v) is 8.98. The maximum Gasteiger partial charge on any atom is 0.0562 e. The lowest BCUT2D eigenvalue weighted by molar-refractivity contribution is 1.18. The van der Waals surface area contributed by atoms with E-state index in [9.17, 15) is 0 Å². The highest BCUT2D eigenvalue weighted by molar-refractivity contribution is 6.11. The zero-order valence-corrected chi connectivity index (χ0v) is 33.0. The van der Waals surface area contributed by atoms with E-state index < -0.39 is 0 Å². The number of para-hydroxylation sites is 3. The summed E-state index contributed by atoms with van der Waals surface area (Å²) >= 11 is 0. The third-order valence-corrected chi connectivity index (χ3v) is 11.8. The molecule has 0 saturated carbocycles. The fourth-order valence-electron chi connectivity index (χ4n) is 8.98. The second kappa shape index (κ2) is 15.1. The molecule has 1 aromatic heterocycles. The molecule has 0 aliphatic heterocycles. The van der Waals surface area contributed by atoms with Crippen LogP contribution in [0.1, 0.15) is 0 Å². The van der Waals surface area contributed by atoms with Gasteiger partial charge in [-0.1, -0.05) is 194 Å². The van der Waals surface area contributed by atoms with Crippen molar-refractivity contribution >= 4 is 49.6 Å². The van der Waals surface area contributed by atoms with Crippen molar-refractivity contribution in [2.45, 2.75) is 0 Å². The van der Waals surface area contributed by atoms with Crippen molar-refractivity contribution in [3.05, 3.63) is 243 Å². The Morgan fingerprint density at radius 2 is 0.833 bits per heavy atom. The summed E-state index contributed by atoms with van der Waals surface area (Å²) in [6.07, 6.45) is 0. The Kier molecular flexibility index (Phi) is 8.87. The largest absolute Gasteiger partial charge is 0.310 e. The van der Waals surface area contributed by atoms with Gasteiger partial charge in [-0.3, -0.25) is 0 Å². The number of hydrogen-bond acceptors (Lipinski definition) is 1. The average molecular weight is 765 g/mol. The molecule has 0 fully saturated rings. The molecule has 282 valence electrons.